The molecule has 1 N–H and O–H groups in total. The molecule has 1 saturated heterocycles. The summed E-state index contributed by atoms with van der Waals surface area (Å²) in [7, 11) is 1.76. The summed E-state index contributed by atoms with van der Waals surface area (Å²) in [4.78, 5) is 11.3. The Balaban J connectivity index is 1.34. The average molecular weight is 455 g/mol. The maximum absolute atomic E-state index is 11.3. The highest BCUT2D eigenvalue weighted by atomic mass is 16.5. The highest BCUT2D eigenvalue weighted by molar-refractivity contribution is 5.95. The van der Waals surface area contributed by atoms with E-state index in [4.69, 9.17) is 9.47 Å². The molecule has 3 saturated carbocycles. The molecule has 5 unspecified atom stereocenters. The minimum atomic E-state index is -0.902. The molecule has 0 radical (unpaired) electrons. The Labute approximate surface area is 199 Å². The van der Waals surface area contributed by atoms with Crippen LogP contribution >= 0.6 is 0 Å². The molecule has 0 aromatic heterocycles. The Kier molecular flexibility index (Phi) is 3.76. The van der Waals surface area contributed by atoms with Gasteiger partial charge in [0.2, 0.25) is 0 Å². The number of methoxy groups -OCH3 is 1. The lowest BCUT2D eigenvalue weighted by Gasteiger charge is -2.50. The van der Waals surface area contributed by atoms with Gasteiger partial charge in [0.25, 0.3) is 0 Å². The van der Waals surface area contributed by atoms with E-state index in [-0.39, 0.29) is 11.2 Å². The number of carboxylic acid groups (broad SMARTS) is 1. The van der Waals surface area contributed by atoms with Crippen LogP contribution in [-0.2, 0) is 10.3 Å². The number of hydrogen-bond donors (Lipinski definition) is 1. The first-order valence-corrected chi connectivity index (χ1v) is 12.3. The quantitative estimate of drug-likeness (QED) is 0.471. The number of carboxylic acids is 1. The van der Waals surface area contributed by atoms with Gasteiger partial charge in [-0.25, -0.2) is 4.79 Å². The summed E-state index contributed by atoms with van der Waals surface area (Å²) in [5, 5.41) is 11.3. The molecular formula is C30H30O4. The summed E-state index contributed by atoms with van der Waals surface area (Å²) in [6.07, 6.45) is 5.98. The molecule has 0 amide bonds. The van der Waals surface area contributed by atoms with Crippen LogP contribution in [0.15, 0.2) is 54.6 Å². The van der Waals surface area contributed by atoms with Crippen molar-refractivity contribution in [2.45, 2.75) is 57.2 Å². The highest BCUT2D eigenvalue weighted by Gasteiger charge is 2.81. The topological polar surface area (TPSA) is 55.8 Å². The zero-order valence-corrected chi connectivity index (χ0v) is 20.0. The zero-order chi connectivity index (χ0) is 23.5. The van der Waals surface area contributed by atoms with E-state index in [1.807, 2.05) is 12.1 Å². The Bertz CT molecular complexity index is 1390. The summed E-state index contributed by atoms with van der Waals surface area (Å²) in [6.45, 7) is 4.82. The molecule has 4 nitrogen and oxygen atoms in total. The van der Waals surface area contributed by atoms with E-state index in [9.17, 15) is 9.90 Å². The largest absolute Gasteiger partial charge is 0.496 e. The van der Waals surface area contributed by atoms with Crippen molar-refractivity contribution in [3.63, 3.8) is 0 Å². The number of aromatic carboxylic acids is 1. The number of rotatable bonds is 4. The second-order valence-corrected chi connectivity index (χ2v) is 11.9. The van der Waals surface area contributed by atoms with Crippen molar-refractivity contribution < 1.29 is 19.4 Å². The molecule has 4 aliphatic rings. The predicted octanol–water partition coefficient (Wildman–Crippen LogP) is 6.80. The van der Waals surface area contributed by atoms with Gasteiger partial charge < -0.3 is 14.6 Å². The van der Waals surface area contributed by atoms with Gasteiger partial charge in [0.05, 0.1) is 23.9 Å². The van der Waals surface area contributed by atoms with Crippen molar-refractivity contribution >= 4 is 16.7 Å². The van der Waals surface area contributed by atoms with Crippen LogP contribution in [0.1, 0.15) is 61.9 Å². The summed E-state index contributed by atoms with van der Waals surface area (Å²) in [6, 6.07) is 18.0. The molecule has 3 aromatic rings. The van der Waals surface area contributed by atoms with Gasteiger partial charge in [-0.3, -0.25) is 0 Å². The lowest BCUT2D eigenvalue weighted by molar-refractivity contribution is -0.186. The minimum Gasteiger partial charge on any atom is -0.496 e. The Morgan fingerprint density at radius 2 is 1.68 bits per heavy atom. The Hall–Kier alpha value is -2.85. The standard InChI is InChI=1S/C30H30O4/c1-27-13-23-14-30(16-27,34-28(2)17-29(23,28)15-27)24-12-21(8-9-25(24)33-3)19-4-5-20-11-22(26(31)32)7-6-18(20)10-19/h4-12,23H,13-17H2,1-3H3,(H,31,32). The van der Waals surface area contributed by atoms with Gasteiger partial charge in [-0.05, 0) is 103 Å². The molecule has 7 rings (SSSR count). The van der Waals surface area contributed by atoms with Gasteiger partial charge in [0.1, 0.15) is 5.75 Å². The van der Waals surface area contributed by atoms with Crippen LogP contribution in [0.3, 0.4) is 0 Å². The van der Waals surface area contributed by atoms with Gasteiger partial charge in [0, 0.05) is 11.0 Å². The monoisotopic (exact) mass is 454 g/mol. The first kappa shape index (κ1) is 20.5. The third-order valence-electron chi connectivity index (χ3n) is 9.66. The number of ether oxygens (including phenoxy) is 2. The van der Waals surface area contributed by atoms with Gasteiger partial charge in [-0.15, -0.1) is 0 Å². The maximum Gasteiger partial charge on any atom is 0.335 e. The number of hydrogen-bond acceptors (Lipinski definition) is 3. The lowest BCUT2D eigenvalue weighted by Crippen LogP contribution is -2.47. The van der Waals surface area contributed by atoms with E-state index in [1.165, 1.54) is 24.8 Å². The van der Waals surface area contributed by atoms with Crippen molar-refractivity contribution in [1.82, 2.24) is 0 Å². The van der Waals surface area contributed by atoms with E-state index < -0.39 is 5.97 Å². The zero-order valence-electron chi connectivity index (χ0n) is 20.0. The second-order valence-electron chi connectivity index (χ2n) is 11.9. The molecule has 3 aliphatic carbocycles. The van der Waals surface area contributed by atoms with Crippen LogP contribution < -0.4 is 4.74 Å². The fraction of sp³-hybridized carbons (Fsp3) is 0.433. The minimum absolute atomic E-state index is 0.00398. The SMILES string of the molecule is COc1ccc(-c2ccc3cc(C(=O)O)ccc3c2)cc1C12CC3CC(C)(C1)CC31CC1(C)O2. The fourth-order valence-corrected chi connectivity index (χ4v) is 8.42. The molecule has 1 aliphatic heterocycles. The van der Waals surface area contributed by atoms with Crippen molar-refractivity contribution in [3.05, 3.63) is 65.7 Å². The molecular weight excluding hydrogens is 424 g/mol. The Morgan fingerprint density at radius 1 is 0.941 bits per heavy atom. The van der Waals surface area contributed by atoms with Crippen LogP contribution in [0, 0.1) is 16.7 Å². The molecule has 3 aromatic carbocycles. The van der Waals surface area contributed by atoms with Gasteiger partial charge in [-0.2, -0.15) is 0 Å². The van der Waals surface area contributed by atoms with Gasteiger partial charge >= 0.3 is 5.97 Å². The van der Waals surface area contributed by atoms with Crippen LogP contribution in [0.25, 0.3) is 21.9 Å². The third-order valence-corrected chi connectivity index (χ3v) is 9.66. The van der Waals surface area contributed by atoms with E-state index in [0.717, 1.165) is 46.4 Å². The van der Waals surface area contributed by atoms with E-state index >= 15 is 0 Å². The van der Waals surface area contributed by atoms with Crippen LogP contribution in [0.2, 0.25) is 0 Å². The molecule has 174 valence electrons. The van der Waals surface area contributed by atoms with Gasteiger partial charge in [-0.1, -0.05) is 31.2 Å². The summed E-state index contributed by atoms with van der Waals surface area (Å²) >= 11 is 0. The number of benzene rings is 3. The predicted molar refractivity (Wildman–Crippen MR) is 131 cm³/mol. The maximum atomic E-state index is 11.3. The van der Waals surface area contributed by atoms with Crippen LogP contribution in [-0.4, -0.2) is 23.8 Å². The summed E-state index contributed by atoms with van der Waals surface area (Å²) < 4.78 is 13.0. The van der Waals surface area contributed by atoms with E-state index in [0.29, 0.717) is 16.4 Å². The van der Waals surface area contributed by atoms with E-state index in [2.05, 4.69) is 44.2 Å². The molecule has 3 bridgehead atoms. The lowest BCUT2D eigenvalue weighted by atomic mass is 9.65. The van der Waals surface area contributed by atoms with Crippen molar-refractivity contribution in [3.8, 4) is 16.9 Å². The normalized spacial score (nSPS) is 37.0. The smallest absolute Gasteiger partial charge is 0.335 e. The van der Waals surface area contributed by atoms with Crippen molar-refractivity contribution in [2.24, 2.45) is 16.7 Å². The summed E-state index contributed by atoms with van der Waals surface area (Å²) in [5.74, 6) is 0.751. The van der Waals surface area contributed by atoms with Crippen molar-refractivity contribution in [2.75, 3.05) is 7.11 Å². The third kappa shape index (κ3) is 2.55. The molecule has 5 atom stereocenters. The average Bonchev–Trinajstić information content (AvgIpc) is 3.34. The fourth-order valence-electron chi connectivity index (χ4n) is 8.42. The Morgan fingerprint density at radius 3 is 2.47 bits per heavy atom. The second kappa shape index (κ2) is 6.23. The molecule has 1 heterocycles. The first-order valence-electron chi connectivity index (χ1n) is 12.3. The van der Waals surface area contributed by atoms with Crippen LogP contribution in [0.4, 0.5) is 0 Å². The number of carbonyl (C=O) groups is 1. The molecule has 1 spiro atoms. The molecule has 4 fully saturated rings. The van der Waals surface area contributed by atoms with E-state index in [1.54, 1.807) is 19.2 Å². The first-order chi connectivity index (χ1) is 16.2. The van der Waals surface area contributed by atoms with Crippen LogP contribution in [0.5, 0.6) is 5.75 Å². The molecule has 34 heavy (non-hydrogen) atoms. The van der Waals surface area contributed by atoms with Crippen molar-refractivity contribution in [1.29, 1.82) is 0 Å². The van der Waals surface area contributed by atoms with Gasteiger partial charge in [0.15, 0.2) is 0 Å². The number of fused-ring (bicyclic) bond motifs is 3. The molecule has 4 heteroatoms. The summed E-state index contributed by atoms with van der Waals surface area (Å²) in [5.41, 5.74) is 4.19. The highest BCUT2D eigenvalue weighted by Crippen LogP contribution is 2.83.